The molecule has 0 saturated carbocycles. The number of carbonyl (C=O) groups is 2. The highest BCUT2D eigenvalue weighted by Gasteiger charge is 2.21. The molecule has 0 spiro atoms. The van der Waals surface area contributed by atoms with Crippen molar-refractivity contribution in [3.8, 4) is 0 Å². The Morgan fingerprint density at radius 2 is 1.96 bits per heavy atom. The number of rotatable bonds is 5. The minimum absolute atomic E-state index is 0.0331. The van der Waals surface area contributed by atoms with Crippen molar-refractivity contribution in [2.45, 2.75) is 25.8 Å². The zero-order valence-corrected chi connectivity index (χ0v) is 15.1. The summed E-state index contributed by atoms with van der Waals surface area (Å²) in [7, 11) is 0. The first-order valence-corrected chi connectivity index (χ1v) is 9.51. The molecule has 1 saturated heterocycles. The van der Waals surface area contributed by atoms with Crippen molar-refractivity contribution < 1.29 is 9.59 Å². The Hall–Kier alpha value is -2.73. The number of benzene rings is 2. The second-order valence-electron chi connectivity index (χ2n) is 6.34. The van der Waals surface area contributed by atoms with E-state index in [1.807, 2.05) is 48.5 Å². The fourth-order valence-corrected chi connectivity index (χ4v) is 4.04. The van der Waals surface area contributed by atoms with Gasteiger partial charge in [-0.05, 0) is 36.2 Å². The van der Waals surface area contributed by atoms with Gasteiger partial charge >= 0.3 is 0 Å². The van der Waals surface area contributed by atoms with E-state index < -0.39 is 0 Å². The number of hydrogen-bond acceptors (Lipinski definition) is 4. The molecule has 1 N–H and O–H groups in total. The van der Waals surface area contributed by atoms with E-state index in [2.05, 4.69) is 10.3 Å². The summed E-state index contributed by atoms with van der Waals surface area (Å²) in [5, 5.41) is 3.83. The Kier molecular flexibility index (Phi) is 4.67. The lowest BCUT2D eigenvalue weighted by Crippen LogP contribution is -2.25. The minimum Gasteiger partial charge on any atom is -0.349 e. The predicted octanol–water partition coefficient (Wildman–Crippen LogP) is 3.28. The Morgan fingerprint density at radius 1 is 1.15 bits per heavy atom. The van der Waals surface area contributed by atoms with Crippen LogP contribution < -0.4 is 10.2 Å². The number of hydrogen-bond donors (Lipinski definition) is 1. The number of aromatic nitrogens is 1. The molecule has 0 radical (unpaired) electrons. The molecule has 1 aliphatic rings. The minimum atomic E-state index is -0.0331. The van der Waals surface area contributed by atoms with Crippen molar-refractivity contribution >= 4 is 39.1 Å². The van der Waals surface area contributed by atoms with E-state index in [0.29, 0.717) is 19.4 Å². The average molecular weight is 365 g/mol. The summed E-state index contributed by atoms with van der Waals surface area (Å²) in [6.45, 7) is 1.22. The molecule has 1 fully saturated rings. The van der Waals surface area contributed by atoms with Crippen LogP contribution in [0.5, 0.6) is 0 Å². The van der Waals surface area contributed by atoms with E-state index >= 15 is 0 Å². The molecule has 6 heteroatoms. The molecule has 132 valence electrons. The van der Waals surface area contributed by atoms with Crippen molar-refractivity contribution in [2.24, 2.45) is 0 Å². The SMILES string of the molecule is O=C(Cc1ccc(N2CCCC2=O)cc1)NCc1nc2ccccc2s1. The lowest BCUT2D eigenvalue weighted by atomic mass is 10.1. The first-order chi connectivity index (χ1) is 12.7. The second-order valence-corrected chi connectivity index (χ2v) is 7.46. The Morgan fingerprint density at radius 3 is 2.69 bits per heavy atom. The average Bonchev–Trinajstić information content (AvgIpc) is 3.26. The molecular formula is C20H19N3O2S. The summed E-state index contributed by atoms with van der Waals surface area (Å²) in [6, 6.07) is 15.6. The third-order valence-corrected chi connectivity index (χ3v) is 5.50. The van der Waals surface area contributed by atoms with Gasteiger partial charge in [0.2, 0.25) is 11.8 Å². The third kappa shape index (κ3) is 3.60. The fraction of sp³-hybridized carbons (Fsp3) is 0.250. The molecule has 4 rings (SSSR count). The van der Waals surface area contributed by atoms with Crippen molar-refractivity contribution in [3.05, 3.63) is 59.1 Å². The molecule has 3 aromatic rings. The first kappa shape index (κ1) is 16.7. The van der Waals surface area contributed by atoms with Gasteiger partial charge in [-0.15, -0.1) is 11.3 Å². The molecule has 2 aromatic carbocycles. The van der Waals surface area contributed by atoms with Crippen LogP contribution in [-0.4, -0.2) is 23.3 Å². The molecule has 26 heavy (non-hydrogen) atoms. The van der Waals surface area contributed by atoms with Gasteiger partial charge in [0.25, 0.3) is 0 Å². The number of thiazole rings is 1. The first-order valence-electron chi connectivity index (χ1n) is 8.69. The molecule has 2 amide bonds. The monoisotopic (exact) mass is 365 g/mol. The number of nitrogens with one attached hydrogen (secondary N) is 1. The van der Waals surface area contributed by atoms with Crippen molar-refractivity contribution in [1.29, 1.82) is 0 Å². The molecular weight excluding hydrogens is 346 g/mol. The maximum atomic E-state index is 12.2. The molecule has 0 atom stereocenters. The molecule has 1 aromatic heterocycles. The summed E-state index contributed by atoms with van der Waals surface area (Å²) in [6.07, 6.45) is 1.85. The van der Waals surface area contributed by atoms with E-state index in [-0.39, 0.29) is 11.8 Å². The molecule has 0 bridgehead atoms. The van der Waals surface area contributed by atoms with Crippen LogP contribution in [0.2, 0.25) is 0 Å². The number of nitrogens with zero attached hydrogens (tertiary/aromatic N) is 2. The summed E-state index contributed by atoms with van der Waals surface area (Å²) in [5.74, 6) is 0.139. The maximum absolute atomic E-state index is 12.2. The standard InChI is InChI=1S/C20H19N3O2S/c24-18(21-13-19-22-16-4-1-2-5-17(16)26-19)12-14-7-9-15(10-8-14)23-11-3-6-20(23)25/h1-2,4-5,7-10H,3,6,11-13H2,(H,21,24). The summed E-state index contributed by atoms with van der Waals surface area (Å²) >= 11 is 1.60. The molecule has 1 aliphatic heterocycles. The van der Waals surface area contributed by atoms with Crippen LogP contribution in [0.3, 0.4) is 0 Å². The highest BCUT2D eigenvalue weighted by Crippen LogP contribution is 2.22. The highest BCUT2D eigenvalue weighted by molar-refractivity contribution is 7.18. The summed E-state index contributed by atoms with van der Waals surface area (Å²) < 4.78 is 1.13. The van der Waals surface area contributed by atoms with Gasteiger partial charge in [0, 0.05) is 18.7 Å². The molecule has 2 heterocycles. The van der Waals surface area contributed by atoms with E-state index in [4.69, 9.17) is 0 Å². The maximum Gasteiger partial charge on any atom is 0.227 e. The summed E-state index contributed by atoms with van der Waals surface area (Å²) in [5.41, 5.74) is 2.81. The van der Waals surface area contributed by atoms with Gasteiger partial charge in [-0.25, -0.2) is 4.98 Å². The zero-order chi connectivity index (χ0) is 17.9. The van der Waals surface area contributed by atoms with E-state index in [1.54, 1.807) is 16.2 Å². The number of para-hydroxylation sites is 1. The van der Waals surface area contributed by atoms with Gasteiger partial charge in [-0.2, -0.15) is 0 Å². The number of anilines is 1. The predicted molar refractivity (Wildman–Crippen MR) is 103 cm³/mol. The number of carbonyl (C=O) groups excluding carboxylic acids is 2. The molecule has 5 nitrogen and oxygen atoms in total. The van der Waals surface area contributed by atoms with Gasteiger partial charge in [0.05, 0.1) is 23.2 Å². The number of fused-ring (bicyclic) bond motifs is 1. The van der Waals surface area contributed by atoms with Crippen molar-refractivity contribution in [1.82, 2.24) is 10.3 Å². The number of amides is 2. The molecule has 0 aliphatic carbocycles. The van der Waals surface area contributed by atoms with Crippen molar-refractivity contribution in [3.63, 3.8) is 0 Å². The fourth-order valence-electron chi connectivity index (χ4n) is 3.13. The lowest BCUT2D eigenvalue weighted by Gasteiger charge is -2.15. The smallest absolute Gasteiger partial charge is 0.227 e. The molecule has 0 unspecified atom stereocenters. The highest BCUT2D eigenvalue weighted by atomic mass is 32.1. The van der Waals surface area contributed by atoms with Gasteiger partial charge in [-0.1, -0.05) is 24.3 Å². The van der Waals surface area contributed by atoms with E-state index in [0.717, 1.165) is 39.4 Å². The van der Waals surface area contributed by atoms with Crippen LogP contribution in [0.15, 0.2) is 48.5 Å². The van der Waals surface area contributed by atoms with Gasteiger partial charge in [0.1, 0.15) is 5.01 Å². The Bertz CT molecular complexity index is 916. The van der Waals surface area contributed by atoms with Gasteiger partial charge in [-0.3, -0.25) is 9.59 Å². The normalized spacial score (nSPS) is 14.2. The summed E-state index contributed by atoms with van der Waals surface area (Å²) in [4.78, 5) is 30.3. The lowest BCUT2D eigenvalue weighted by molar-refractivity contribution is -0.120. The van der Waals surface area contributed by atoms with Gasteiger partial charge in [0.15, 0.2) is 0 Å². The van der Waals surface area contributed by atoms with Crippen LogP contribution in [0.4, 0.5) is 5.69 Å². The Balaban J connectivity index is 1.33. The van der Waals surface area contributed by atoms with Crippen LogP contribution in [0, 0.1) is 0 Å². The second kappa shape index (κ2) is 7.25. The van der Waals surface area contributed by atoms with Gasteiger partial charge < -0.3 is 10.2 Å². The van der Waals surface area contributed by atoms with Crippen LogP contribution >= 0.6 is 11.3 Å². The zero-order valence-electron chi connectivity index (χ0n) is 14.3. The third-order valence-electron chi connectivity index (χ3n) is 4.46. The van der Waals surface area contributed by atoms with Crippen LogP contribution in [0.1, 0.15) is 23.4 Å². The topological polar surface area (TPSA) is 62.3 Å². The van der Waals surface area contributed by atoms with Crippen LogP contribution in [0.25, 0.3) is 10.2 Å². The van der Waals surface area contributed by atoms with E-state index in [9.17, 15) is 9.59 Å². The van der Waals surface area contributed by atoms with Crippen LogP contribution in [-0.2, 0) is 22.6 Å². The largest absolute Gasteiger partial charge is 0.349 e. The quantitative estimate of drug-likeness (QED) is 0.755. The Labute approximate surface area is 155 Å². The van der Waals surface area contributed by atoms with E-state index in [1.165, 1.54) is 0 Å². The van der Waals surface area contributed by atoms with Crippen molar-refractivity contribution in [2.75, 3.05) is 11.4 Å².